The number of ether oxygens (including phenoxy) is 1. The molecule has 8 nitrogen and oxygen atoms in total. The van der Waals surface area contributed by atoms with Gasteiger partial charge >= 0.3 is 0 Å². The minimum atomic E-state index is 0.176. The first kappa shape index (κ1) is 17.2. The van der Waals surface area contributed by atoms with Crippen LogP contribution in [-0.4, -0.2) is 43.9 Å². The van der Waals surface area contributed by atoms with Crippen molar-refractivity contribution in [3.05, 3.63) is 17.1 Å². The molecule has 1 fully saturated rings. The van der Waals surface area contributed by atoms with Gasteiger partial charge in [-0.15, -0.1) is 0 Å². The number of hydrogen-bond acceptors (Lipinski definition) is 6. The Morgan fingerprint density at radius 1 is 1.27 bits per heavy atom. The van der Waals surface area contributed by atoms with E-state index in [0.29, 0.717) is 37.0 Å². The second kappa shape index (κ2) is 6.83. The zero-order chi connectivity index (χ0) is 18.3. The minimum absolute atomic E-state index is 0.176. The Labute approximate surface area is 152 Å². The van der Waals surface area contributed by atoms with Crippen molar-refractivity contribution in [2.45, 2.75) is 52.1 Å². The lowest BCUT2D eigenvalue weighted by molar-refractivity contribution is -0.132. The van der Waals surface area contributed by atoms with E-state index < -0.39 is 0 Å². The molecule has 0 N–H and O–H groups in total. The molecule has 0 saturated carbocycles. The Kier molecular flexibility index (Phi) is 4.52. The largest absolute Gasteiger partial charge is 0.381 e. The third-order valence-electron chi connectivity index (χ3n) is 5.13. The molecule has 0 unspecified atom stereocenters. The van der Waals surface area contributed by atoms with E-state index in [1.54, 1.807) is 0 Å². The summed E-state index contributed by atoms with van der Waals surface area (Å²) in [5.74, 6) is 1.98. The van der Waals surface area contributed by atoms with Gasteiger partial charge in [-0.2, -0.15) is 10.1 Å². The molecule has 1 saturated heterocycles. The Balaban J connectivity index is 1.56. The molecule has 8 heteroatoms. The maximum Gasteiger partial charge on any atom is 0.278 e. The fourth-order valence-corrected chi connectivity index (χ4v) is 3.67. The first-order chi connectivity index (χ1) is 12.5. The van der Waals surface area contributed by atoms with Crippen molar-refractivity contribution in [2.24, 2.45) is 13.0 Å². The average molecular weight is 359 g/mol. The molecule has 4 rings (SSSR count). The van der Waals surface area contributed by atoms with E-state index in [9.17, 15) is 4.79 Å². The van der Waals surface area contributed by atoms with Gasteiger partial charge in [-0.25, -0.2) is 0 Å². The zero-order valence-corrected chi connectivity index (χ0v) is 15.6. The lowest BCUT2D eigenvalue weighted by atomic mass is 10.00. The normalized spacial score (nSPS) is 17.9. The van der Waals surface area contributed by atoms with Gasteiger partial charge in [-0.1, -0.05) is 19.0 Å². The van der Waals surface area contributed by atoms with Crippen molar-refractivity contribution in [2.75, 3.05) is 13.2 Å². The topological polar surface area (TPSA) is 86.3 Å². The number of rotatable bonds is 4. The molecule has 0 spiro atoms. The summed E-state index contributed by atoms with van der Waals surface area (Å²) in [6, 6.07) is 0. The minimum Gasteiger partial charge on any atom is -0.381 e. The van der Waals surface area contributed by atoms with Gasteiger partial charge in [0.25, 0.3) is 5.89 Å². The van der Waals surface area contributed by atoms with Crippen LogP contribution in [0.3, 0.4) is 0 Å². The van der Waals surface area contributed by atoms with Crippen LogP contribution in [0.2, 0.25) is 0 Å². The number of aryl methyl sites for hydroxylation is 1. The molecule has 140 valence electrons. The van der Waals surface area contributed by atoms with Gasteiger partial charge in [0.05, 0.1) is 18.8 Å². The molecule has 0 radical (unpaired) electrons. The van der Waals surface area contributed by atoms with Crippen molar-refractivity contribution in [1.29, 1.82) is 0 Å². The van der Waals surface area contributed by atoms with Crippen LogP contribution in [0.1, 0.15) is 56.1 Å². The molecule has 1 amide bonds. The summed E-state index contributed by atoms with van der Waals surface area (Å²) in [5.41, 5.74) is 2.77. The summed E-state index contributed by atoms with van der Waals surface area (Å²) >= 11 is 0. The first-order valence-electron chi connectivity index (χ1n) is 9.27. The molecular formula is C18H25N5O3. The third-order valence-corrected chi connectivity index (χ3v) is 5.13. The molecule has 4 heterocycles. The van der Waals surface area contributed by atoms with Gasteiger partial charge in [0.15, 0.2) is 11.5 Å². The van der Waals surface area contributed by atoms with Gasteiger partial charge in [-0.3, -0.25) is 9.48 Å². The maximum atomic E-state index is 12.4. The van der Waals surface area contributed by atoms with Crippen LogP contribution in [0, 0.1) is 5.92 Å². The highest BCUT2D eigenvalue weighted by Crippen LogP contribution is 2.33. The fraction of sp³-hybridized carbons (Fsp3) is 0.667. The zero-order valence-electron chi connectivity index (χ0n) is 15.6. The van der Waals surface area contributed by atoms with Crippen LogP contribution >= 0.6 is 0 Å². The predicted octanol–water partition coefficient (Wildman–Crippen LogP) is 2.25. The highest BCUT2D eigenvalue weighted by molar-refractivity contribution is 5.77. The predicted molar refractivity (Wildman–Crippen MR) is 93.0 cm³/mol. The van der Waals surface area contributed by atoms with Gasteiger partial charge in [0.1, 0.15) is 0 Å². The number of fused-ring (bicyclic) bond motifs is 1. The van der Waals surface area contributed by atoms with Crippen LogP contribution in [-0.2, 0) is 29.7 Å². The molecule has 0 atom stereocenters. The number of aromatic nitrogens is 4. The number of carbonyl (C=O) groups is 1. The first-order valence-corrected chi connectivity index (χ1v) is 9.27. The van der Waals surface area contributed by atoms with Crippen LogP contribution in [0.15, 0.2) is 4.52 Å². The van der Waals surface area contributed by atoms with Crippen LogP contribution in [0.5, 0.6) is 0 Å². The van der Waals surface area contributed by atoms with Gasteiger partial charge < -0.3 is 14.2 Å². The molecule has 0 aliphatic carbocycles. The van der Waals surface area contributed by atoms with Crippen molar-refractivity contribution in [3.63, 3.8) is 0 Å². The van der Waals surface area contributed by atoms with E-state index in [0.717, 1.165) is 43.1 Å². The van der Waals surface area contributed by atoms with Crippen LogP contribution < -0.4 is 0 Å². The van der Waals surface area contributed by atoms with Crippen molar-refractivity contribution in [1.82, 2.24) is 24.8 Å². The monoisotopic (exact) mass is 359 g/mol. The van der Waals surface area contributed by atoms with E-state index in [4.69, 9.17) is 9.26 Å². The second-order valence-electron chi connectivity index (χ2n) is 7.59. The standard InChI is InChI=1S/C18H25N5O3/c1-11(2)8-15(24)23-9-13-14(10-23)22(3)20-16(13)18-19-17(21-26-18)12-4-6-25-7-5-12/h11-12H,4-10H2,1-3H3. The van der Waals surface area contributed by atoms with Gasteiger partial charge in [0.2, 0.25) is 5.91 Å². The molecule has 0 aromatic carbocycles. The van der Waals surface area contributed by atoms with Crippen molar-refractivity contribution < 1.29 is 14.1 Å². The van der Waals surface area contributed by atoms with Crippen LogP contribution in [0.25, 0.3) is 11.6 Å². The highest BCUT2D eigenvalue weighted by Gasteiger charge is 2.32. The number of hydrogen-bond donors (Lipinski definition) is 0. The summed E-state index contributed by atoms with van der Waals surface area (Å²) in [4.78, 5) is 18.9. The molecule has 0 bridgehead atoms. The fourth-order valence-electron chi connectivity index (χ4n) is 3.67. The SMILES string of the molecule is CC(C)CC(=O)N1Cc2c(-c3nc(C4CCOCC4)no3)nn(C)c2C1. The smallest absolute Gasteiger partial charge is 0.278 e. The van der Waals surface area contributed by atoms with E-state index in [1.807, 2.05) is 16.6 Å². The number of amides is 1. The quantitative estimate of drug-likeness (QED) is 0.832. The summed E-state index contributed by atoms with van der Waals surface area (Å²) in [6.07, 6.45) is 2.39. The van der Waals surface area contributed by atoms with Gasteiger partial charge in [0, 0.05) is 38.2 Å². The number of nitrogens with zero attached hydrogens (tertiary/aromatic N) is 5. The lowest BCUT2D eigenvalue weighted by Crippen LogP contribution is -2.27. The Bertz CT molecular complexity index is 804. The molecule has 2 aromatic rings. The Morgan fingerprint density at radius 2 is 2.04 bits per heavy atom. The van der Waals surface area contributed by atoms with Crippen LogP contribution in [0.4, 0.5) is 0 Å². The maximum absolute atomic E-state index is 12.4. The van der Waals surface area contributed by atoms with E-state index >= 15 is 0 Å². The summed E-state index contributed by atoms with van der Waals surface area (Å²) in [5, 5.41) is 8.75. The summed E-state index contributed by atoms with van der Waals surface area (Å²) < 4.78 is 12.7. The Hall–Kier alpha value is -2.22. The Morgan fingerprint density at radius 3 is 2.77 bits per heavy atom. The van der Waals surface area contributed by atoms with Crippen molar-refractivity contribution >= 4 is 5.91 Å². The van der Waals surface area contributed by atoms with Crippen molar-refractivity contribution in [3.8, 4) is 11.6 Å². The third kappa shape index (κ3) is 3.13. The summed E-state index contributed by atoms with van der Waals surface area (Å²) in [6.45, 7) is 6.74. The second-order valence-corrected chi connectivity index (χ2v) is 7.59. The van der Waals surface area contributed by atoms with E-state index in [2.05, 4.69) is 29.1 Å². The summed E-state index contributed by atoms with van der Waals surface area (Å²) in [7, 11) is 1.90. The molecular weight excluding hydrogens is 334 g/mol. The molecule has 26 heavy (non-hydrogen) atoms. The highest BCUT2D eigenvalue weighted by atomic mass is 16.5. The number of carbonyl (C=O) groups excluding carboxylic acids is 1. The lowest BCUT2D eigenvalue weighted by Gasteiger charge is -2.18. The van der Waals surface area contributed by atoms with E-state index in [-0.39, 0.29) is 11.8 Å². The van der Waals surface area contributed by atoms with E-state index in [1.165, 1.54) is 0 Å². The molecule has 2 aliphatic heterocycles. The van der Waals surface area contributed by atoms with Gasteiger partial charge in [-0.05, 0) is 18.8 Å². The molecule has 2 aromatic heterocycles. The molecule has 2 aliphatic rings. The average Bonchev–Trinajstić information content (AvgIpc) is 3.32.